The van der Waals surface area contributed by atoms with Gasteiger partial charge in [0.2, 0.25) is 0 Å². The summed E-state index contributed by atoms with van der Waals surface area (Å²) in [6.45, 7) is 0. The largest absolute Gasteiger partial charge is 0.360 e. The van der Waals surface area contributed by atoms with E-state index in [2.05, 4.69) is 20.3 Å². The first-order valence-electron chi connectivity index (χ1n) is 7.49. The molecule has 1 amide bonds. The van der Waals surface area contributed by atoms with Crippen LogP contribution in [0.15, 0.2) is 60.2 Å². The SMILES string of the molecule is O=C(Nc1nc(-c2ccc[nH]2)cs1)c1c[nH]c(=S)n1-c1ccccc1. The van der Waals surface area contributed by atoms with Crippen LogP contribution in [0.2, 0.25) is 0 Å². The highest BCUT2D eigenvalue weighted by molar-refractivity contribution is 7.71. The highest BCUT2D eigenvalue weighted by Crippen LogP contribution is 2.24. The van der Waals surface area contributed by atoms with Crippen molar-refractivity contribution in [2.75, 3.05) is 5.32 Å². The van der Waals surface area contributed by atoms with E-state index in [-0.39, 0.29) is 5.91 Å². The lowest BCUT2D eigenvalue weighted by Gasteiger charge is -2.07. The van der Waals surface area contributed by atoms with Crippen molar-refractivity contribution >= 4 is 34.6 Å². The van der Waals surface area contributed by atoms with Gasteiger partial charge in [-0.2, -0.15) is 0 Å². The first kappa shape index (κ1) is 15.6. The molecule has 0 fully saturated rings. The number of carbonyl (C=O) groups excluding carboxylic acids is 1. The molecule has 0 aliphatic carbocycles. The van der Waals surface area contributed by atoms with Gasteiger partial charge < -0.3 is 9.97 Å². The van der Waals surface area contributed by atoms with Crippen molar-refractivity contribution in [1.82, 2.24) is 19.5 Å². The Morgan fingerprint density at radius 1 is 1.16 bits per heavy atom. The Bertz CT molecular complexity index is 1060. The summed E-state index contributed by atoms with van der Waals surface area (Å²) in [5.41, 5.74) is 2.95. The molecule has 0 aliphatic rings. The lowest BCUT2D eigenvalue weighted by atomic mass is 10.3. The molecule has 3 aromatic heterocycles. The van der Waals surface area contributed by atoms with Crippen LogP contribution in [-0.2, 0) is 0 Å². The van der Waals surface area contributed by atoms with E-state index in [0.29, 0.717) is 15.6 Å². The van der Waals surface area contributed by atoms with Gasteiger partial charge >= 0.3 is 0 Å². The fourth-order valence-electron chi connectivity index (χ4n) is 2.47. The molecule has 0 aliphatic heterocycles. The van der Waals surface area contributed by atoms with Gasteiger partial charge in [0.25, 0.3) is 5.91 Å². The summed E-state index contributed by atoms with van der Waals surface area (Å²) in [5.74, 6) is -0.274. The molecule has 3 N–H and O–H groups in total. The minimum Gasteiger partial charge on any atom is -0.360 e. The number of nitrogens with zero attached hydrogens (tertiary/aromatic N) is 2. The third-order valence-electron chi connectivity index (χ3n) is 3.62. The lowest BCUT2D eigenvalue weighted by molar-refractivity contribution is 0.102. The minimum atomic E-state index is -0.274. The Kier molecular flexibility index (Phi) is 4.04. The monoisotopic (exact) mass is 367 g/mol. The third-order valence-corrected chi connectivity index (χ3v) is 4.68. The summed E-state index contributed by atoms with van der Waals surface area (Å²) in [6.07, 6.45) is 3.44. The molecule has 0 atom stereocenters. The molecule has 124 valence electrons. The van der Waals surface area contributed by atoms with Crippen LogP contribution in [0.25, 0.3) is 17.1 Å². The molecule has 0 saturated carbocycles. The summed E-state index contributed by atoms with van der Waals surface area (Å²) >= 11 is 6.68. The van der Waals surface area contributed by atoms with Gasteiger partial charge in [0, 0.05) is 23.5 Å². The average Bonchev–Trinajstić information content (AvgIpc) is 3.35. The van der Waals surface area contributed by atoms with Gasteiger partial charge in [-0.1, -0.05) is 18.2 Å². The Balaban J connectivity index is 1.62. The van der Waals surface area contributed by atoms with Crippen molar-refractivity contribution in [3.8, 4) is 17.1 Å². The zero-order valence-corrected chi connectivity index (χ0v) is 14.5. The van der Waals surface area contributed by atoms with E-state index >= 15 is 0 Å². The summed E-state index contributed by atoms with van der Waals surface area (Å²) in [5, 5.41) is 5.25. The van der Waals surface area contributed by atoms with Crippen molar-refractivity contribution in [3.05, 3.63) is 70.7 Å². The summed E-state index contributed by atoms with van der Waals surface area (Å²) < 4.78 is 2.16. The third kappa shape index (κ3) is 3.04. The second-order valence-electron chi connectivity index (χ2n) is 5.23. The molecule has 0 bridgehead atoms. The standard InChI is InChI=1S/C17H13N5OS2/c23-15(21-16-20-13(10-25-16)12-7-4-8-18-12)14-9-19-17(24)22(14)11-5-2-1-3-6-11/h1-10,18H,(H,19,24)(H,20,21,23). The second-order valence-corrected chi connectivity index (χ2v) is 6.47. The zero-order valence-electron chi connectivity index (χ0n) is 12.9. The lowest BCUT2D eigenvalue weighted by Crippen LogP contribution is -2.16. The molecule has 1 aromatic carbocycles. The summed E-state index contributed by atoms with van der Waals surface area (Å²) in [6, 6.07) is 13.3. The second kappa shape index (κ2) is 6.50. The minimum absolute atomic E-state index is 0.274. The maximum absolute atomic E-state index is 12.7. The highest BCUT2D eigenvalue weighted by atomic mass is 32.1. The van der Waals surface area contributed by atoms with Crippen LogP contribution in [0.4, 0.5) is 5.13 Å². The number of hydrogen-bond acceptors (Lipinski definition) is 4. The fraction of sp³-hybridized carbons (Fsp3) is 0. The highest BCUT2D eigenvalue weighted by Gasteiger charge is 2.16. The number of anilines is 1. The van der Waals surface area contributed by atoms with E-state index in [9.17, 15) is 4.79 Å². The molecule has 6 nitrogen and oxygen atoms in total. The summed E-state index contributed by atoms with van der Waals surface area (Å²) in [7, 11) is 0. The molecule has 0 spiro atoms. The maximum atomic E-state index is 12.7. The number of amides is 1. The van der Waals surface area contributed by atoms with Crippen LogP contribution in [-0.4, -0.2) is 25.4 Å². The number of para-hydroxylation sites is 1. The molecule has 0 unspecified atom stereocenters. The van der Waals surface area contributed by atoms with Crippen molar-refractivity contribution in [3.63, 3.8) is 0 Å². The van der Waals surface area contributed by atoms with E-state index in [4.69, 9.17) is 12.2 Å². The number of rotatable bonds is 4. The van der Waals surface area contributed by atoms with Crippen molar-refractivity contribution < 1.29 is 4.79 Å². The summed E-state index contributed by atoms with van der Waals surface area (Å²) in [4.78, 5) is 23.1. The Labute approximate surface area is 152 Å². The molecule has 4 aromatic rings. The van der Waals surface area contributed by atoms with Gasteiger partial charge in [-0.15, -0.1) is 11.3 Å². The van der Waals surface area contributed by atoms with Crippen LogP contribution in [0, 0.1) is 4.77 Å². The first-order valence-corrected chi connectivity index (χ1v) is 8.77. The molecule has 0 saturated heterocycles. The van der Waals surface area contributed by atoms with Gasteiger partial charge in [-0.25, -0.2) is 4.98 Å². The number of nitrogens with one attached hydrogen (secondary N) is 3. The van der Waals surface area contributed by atoms with Crippen LogP contribution < -0.4 is 5.32 Å². The van der Waals surface area contributed by atoms with Crippen LogP contribution in [0.5, 0.6) is 0 Å². The van der Waals surface area contributed by atoms with Gasteiger partial charge in [0.1, 0.15) is 5.69 Å². The van der Waals surface area contributed by atoms with Crippen LogP contribution in [0.3, 0.4) is 0 Å². The molecular weight excluding hydrogens is 354 g/mol. The van der Waals surface area contributed by atoms with Crippen LogP contribution >= 0.6 is 23.6 Å². The quantitative estimate of drug-likeness (QED) is 0.472. The van der Waals surface area contributed by atoms with Crippen molar-refractivity contribution in [1.29, 1.82) is 0 Å². The van der Waals surface area contributed by atoms with E-state index in [1.165, 1.54) is 11.3 Å². The topological polar surface area (TPSA) is 78.5 Å². The number of aromatic amines is 2. The zero-order chi connectivity index (χ0) is 17.2. The number of aromatic nitrogens is 4. The number of imidazole rings is 1. The number of carbonyl (C=O) groups is 1. The number of thiazole rings is 1. The maximum Gasteiger partial charge on any atom is 0.276 e. The van der Waals surface area contributed by atoms with Crippen LogP contribution in [0.1, 0.15) is 10.5 Å². The molecule has 8 heteroatoms. The normalized spacial score (nSPS) is 10.7. The Morgan fingerprint density at radius 2 is 2.00 bits per heavy atom. The van der Waals surface area contributed by atoms with Crippen molar-refractivity contribution in [2.45, 2.75) is 0 Å². The van der Waals surface area contributed by atoms with Crippen molar-refractivity contribution in [2.24, 2.45) is 0 Å². The Hall–Kier alpha value is -2.97. The molecule has 3 heterocycles. The first-order chi connectivity index (χ1) is 12.2. The molecule has 0 radical (unpaired) electrons. The molecule has 25 heavy (non-hydrogen) atoms. The van der Waals surface area contributed by atoms with Gasteiger partial charge in [-0.3, -0.25) is 14.7 Å². The Morgan fingerprint density at radius 3 is 2.76 bits per heavy atom. The van der Waals surface area contributed by atoms with Gasteiger partial charge in [0.05, 0.1) is 11.4 Å². The number of hydrogen-bond donors (Lipinski definition) is 3. The fourth-order valence-corrected chi connectivity index (χ4v) is 3.44. The van der Waals surface area contributed by atoms with Gasteiger partial charge in [-0.05, 0) is 36.5 Å². The predicted octanol–water partition coefficient (Wildman–Crippen LogP) is 4.24. The number of benzene rings is 1. The van der Waals surface area contributed by atoms with E-state index in [1.807, 2.05) is 54.0 Å². The predicted molar refractivity (Wildman–Crippen MR) is 101 cm³/mol. The molecular formula is C17H13N5OS2. The smallest absolute Gasteiger partial charge is 0.276 e. The average molecular weight is 367 g/mol. The van der Waals surface area contributed by atoms with E-state index in [0.717, 1.165) is 17.1 Å². The van der Waals surface area contributed by atoms with E-state index < -0.39 is 0 Å². The number of H-pyrrole nitrogens is 2. The molecule has 4 rings (SSSR count). The van der Waals surface area contributed by atoms with Gasteiger partial charge in [0.15, 0.2) is 9.90 Å². The van der Waals surface area contributed by atoms with E-state index in [1.54, 1.807) is 10.8 Å².